The van der Waals surface area contributed by atoms with Crippen LogP contribution in [0.1, 0.15) is 26.4 Å². The minimum absolute atomic E-state index is 0.234. The zero-order valence-electron chi connectivity index (χ0n) is 11.0. The second-order valence-electron chi connectivity index (χ2n) is 4.09. The molecule has 0 radical (unpaired) electrons. The maximum Gasteiger partial charge on any atom is 0.337 e. The molecule has 0 saturated heterocycles. The number of methoxy groups -OCH3 is 1. The van der Waals surface area contributed by atoms with Crippen LogP contribution in [-0.2, 0) is 11.3 Å². The maximum atomic E-state index is 11.8. The Morgan fingerprint density at radius 1 is 1.15 bits per heavy atom. The minimum atomic E-state index is -0.380. The molecule has 0 aliphatic rings. The average Bonchev–Trinajstić information content (AvgIpc) is 2.53. The first kappa shape index (κ1) is 13.7. The number of pyridine rings is 1. The van der Waals surface area contributed by atoms with Crippen LogP contribution in [0.5, 0.6) is 0 Å². The van der Waals surface area contributed by atoms with E-state index >= 15 is 0 Å². The molecule has 1 heterocycles. The van der Waals surface area contributed by atoms with Gasteiger partial charge in [-0.25, -0.2) is 4.79 Å². The molecule has 5 nitrogen and oxygen atoms in total. The number of benzene rings is 1. The third kappa shape index (κ3) is 3.41. The van der Waals surface area contributed by atoms with Crippen molar-refractivity contribution in [2.75, 3.05) is 7.11 Å². The van der Waals surface area contributed by atoms with Gasteiger partial charge in [0.05, 0.1) is 12.7 Å². The van der Waals surface area contributed by atoms with Crippen LogP contribution < -0.4 is 5.32 Å². The lowest BCUT2D eigenvalue weighted by Crippen LogP contribution is -2.23. The smallest absolute Gasteiger partial charge is 0.337 e. The van der Waals surface area contributed by atoms with E-state index < -0.39 is 0 Å². The second kappa shape index (κ2) is 6.47. The number of rotatable bonds is 4. The van der Waals surface area contributed by atoms with Crippen molar-refractivity contribution in [2.45, 2.75) is 6.54 Å². The Morgan fingerprint density at radius 2 is 1.90 bits per heavy atom. The highest BCUT2D eigenvalue weighted by Crippen LogP contribution is 2.06. The first-order valence-electron chi connectivity index (χ1n) is 6.07. The Morgan fingerprint density at radius 3 is 2.50 bits per heavy atom. The van der Waals surface area contributed by atoms with Crippen molar-refractivity contribution < 1.29 is 14.3 Å². The zero-order chi connectivity index (χ0) is 14.4. The van der Waals surface area contributed by atoms with E-state index in [1.807, 2.05) is 0 Å². The molecule has 0 aliphatic carbocycles. The molecule has 1 aromatic carbocycles. The van der Waals surface area contributed by atoms with Gasteiger partial charge in [0.25, 0.3) is 5.91 Å². The van der Waals surface area contributed by atoms with E-state index in [0.29, 0.717) is 17.8 Å². The van der Waals surface area contributed by atoms with E-state index in [1.165, 1.54) is 7.11 Å². The number of carbonyl (C=O) groups excluding carboxylic acids is 2. The van der Waals surface area contributed by atoms with Crippen LogP contribution in [0.4, 0.5) is 0 Å². The monoisotopic (exact) mass is 270 g/mol. The highest BCUT2D eigenvalue weighted by atomic mass is 16.5. The van der Waals surface area contributed by atoms with Gasteiger partial charge >= 0.3 is 5.97 Å². The Hall–Kier alpha value is -2.69. The molecule has 1 aromatic heterocycles. The Bertz CT molecular complexity index is 594. The van der Waals surface area contributed by atoms with E-state index in [-0.39, 0.29) is 11.9 Å². The number of nitrogens with zero attached hydrogens (tertiary/aromatic N) is 1. The molecule has 0 unspecified atom stereocenters. The lowest BCUT2D eigenvalue weighted by atomic mass is 10.1. The Labute approximate surface area is 116 Å². The first-order chi connectivity index (χ1) is 9.70. The minimum Gasteiger partial charge on any atom is -0.465 e. The normalized spacial score (nSPS) is 9.85. The zero-order valence-corrected chi connectivity index (χ0v) is 11.0. The van der Waals surface area contributed by atoms with Crippen molar-refractivity contribution in [1.82, 2.24) is 10.3 Å². The largest absolute Gasteiger partial charge is 0.465 e. The molecule has 0 saturated carbocycles. The number of carbonyl (C=O) groups is 2. The molecule has 5 heteroatoms. The summed E-state index contributed by atoms with van der Waals surface area (Å²) in [6.45, 7) is 0.372. The van der Waals surface area contributed by atoms with E-state index in [4.69, 9.17) is 0 Å². The number of aromatic nitrogens is 1. The van der Waals surface area contributed by atoms with Crippen LogP contribution in [0, 0.1) is 0 Å². The number of hydrogen-bond acceptors (Lipinski definition) is 4. The standard InChI is InChI=1S/C15H14N2O3/c1-20-15(19)12-7-5-11(6-8-12)10-17-14(18)13-4-2-3-9-16-13/h2-9H,10H2,1H3,(H,17,18). The van der Waals surface area contributed by atoms with Gasteiger partial charge in [0.15, 0.2) is 0 Å². The quantitative estimate of drug-likeness (QED) is 0.860. The fourth-order valence-corrected chi connectivity index (χ4v) is 1.65. The second-order valence-corrected chi connectivity index (χ2v) is 4.09. The molecular weight excluding hydrogens is 256 g/mol. The Kier molecular flexibility index (Phi) is 4.44. The van der Waals surface area contributed by atoms with Gasteiger partial charge < -0.3 is 10.1 Å². The van der Waals surface area contributed by atoms with Gasteiger partial charge in [-0.3, -0.25) is 9.78 Å². The summed E-state index contributed by atoms with van der Waals surface area (Å²) in [5.41, 5.74) is 1.74. The predicted molar refractivity (Wildman–Crippen MR) is 73.2 cm³/mol. The summed E-state index contributed by atoms with van der Waals surface area (Å²) in [6.07, 6.45) is 1.57. The summed E-state index contributed by atoms with van der Waals surface area (Å²) in [4.78, 5) is 27.0. The number of hydrogen-bond donors (Lipinski definition) is 1. The first-order valence-corrected chi connectivity index (χ1v) is 6.07. The lowest BCUT2D eigenvalue weighted by molar-refractivity contribution is 0.0600. The summed E-state index contributed by atoms with van der Waals surface area (Å²) in [6, 6.07) is 12.0. The SMILES string of the molecule is COC(=O)c1ccc(CNC(=O)c2ccccn2)cc1. The number of amides is 1. The average molecular weight is 270 g/mol. The van der Waals surface area contributed by atoms with Crippen LogP contribution in [-0.4, -0.2) is 24.0 Å². The molecule has 1 amide bonds. The molecule has 102 valence electrons. The van der Waals surface area contributed by atoms with E-state index in [0.717, 1.165) is 5.56 Å². The van der Waals surface area contributed by atoms with Crippen molar-refractivity contribution >= 4 is 11.9 Å². The Balaban J connectivity index is 1.94. The van der Waals surface area contributed by atoms with Gasteiger partial charge in [0, 0.05) is 12.7 Å². The van der Waals surface area contributed by atoms with Crippen LogP contribution in [0.25, 0.3) is 0 Å². The lowest BCUT2D eigenvalue weighted by Gasteiger charge is -2.05. The van der Waals surface area contributed by atoms with Crippen LogP contribution in [0.15, 0.2) is 48.7 Å². The van der Waals surface area contributed by atoms with Crippen LogP contribution >= 0.6 is 0 Å². The van der Waals surface area contributed by atoms with Gasteiger partial charge in [-0.15, -0.1) is 0 Å². The van der Waals surface area contributed by atoms with Gasteiger partial charge in [-0.05, 0) is 29.8 Å². The highest BCUT2D eigenvalue weighted by molar-refractivity contribution is 5.92. The number of nitrogens with one attached hydrogen (secondary N) is 1. The molecule has 0 atom stereocenters. The van der Waals surface area contributed by atoms with E-state index in [1.54, 1.807) is 48.7 Å². The van der Waals surface area contributed by atoms with Gasteiger partial charge in [0.2, 0.25) is 0 Å². The fraction of sp³-hybridized carbons (Fsp3) is 0.133. The third-order valence-electron chi connectivity index (χ3n) is 2.73. The van der Waals surface area contributed by atoms with E-state index in [2.05, 4.69) is 15.0 Å². The fourth-order valence-electron chi connectivity index (χ4n) is 1.65. The van der Waals surface area contributed by atoms with E-state index in [9.17, 15) is 9.59 Å². The summed E-state index contributed by atoms with van der Waals surface area (Å²) in [7, 11) is 1.34. The van der Waals surface area contributed by atoms with Crippen molar-refractivity contribution in [2.24, 2.45) is 0 Å². The van der Waals surface area contributed by atoms with Crippen molar-refractivity contribution in [1.29, 1.82) is 0 Å². The number of ether oxygens (including phenoxy) is 1. The molecule has 0 aliphatic heterocycles. The van der Waals surface area contributed by atoms with Crippen molar-refractivity contribution in [3.8, 4) is 0 Å². The number of esters is 1. The van der Waals surface area contributed by atoms with Gasteiger partial charge in [-0.2, -0.15) is 0 Å². The van der Waals surface area contributed by atoms with Crippen molar-refractivity contribution in [3.05, 3.63) is 65.5 Å². The maximum absolute atomic E-state index is 11.8. The summed E-state index contributed by atoms with van der Waals surface area (Å²) < 4.78 is 4.62. The van der Waals surface area contributed by atoms with Gasteiger partial charge in [-0.1, -0.05) is 18.2 Å². The summed E-state index contributed by atoms with van der Waals surface area (Å²) in [5, 5.41) is 2.76. The van der Waals surface area contributed by atoms with Gasteiger partial charge in [0.1, 0.15) is 5.69 Å². The molecule has 0 spiro atoms. The molecule has 2 aromatic rings. The van der Waals surface area contributed by atoms with Crippen LogP contribution in [0.2, 0.25) is 0 Å². The molecule has 1 N–H and O–H groups in total. The predicted octanol–water partition coefficient (Wildman–Crippen LogP) is 1.80. The highest BCUT2D eigenvalue weighted by Gasteiger charge is 2.07. The molecular formula is C15H14N2O3. The molecule has 0 fully saturated rings. The third-order valence-corrected chi connectivity index (χ3v) is 2.73. The molecule has 0 bridgehead atoms. The topological polar surface area (TPSA) is 68.3 Å². The molecule has 2 rings (SSSR count). The van der Waals surface area contributed by atoms with Crippen molar-refractivity contribution in [3.63, 3.8) is 0 Å². The summed E-state index contributed by atoms with van der Waals surface area (Å²) >= 11 is 0. The van der Waals surface area contributed by atoms with Crippen LogP contribution in [0.3, 0.4) is 0 Å². The summed E-state index contributed by atoms with van der Waals surface area (Å²) in [5.74, 6) is -0.614. The molecule has 20 heavy (non-hydrogen) atoms.